The lowest BCUT2D eigenvalue weighted by Gasteiger charge is -2.24. The minimum Gasteiger partial charge on any atom is -0.481 e. The first-order valence-electron chi connectivity index (χ1n) is 15.2. The van der Waals surface area contributed by atoms with Crippen molar-refractivity contribution in [3.63, 3.8) is 0 Å². The zero-order valence-electron chi connectivity index (χ0n) is 26.1. The minimum absolute atomic E-state index is 0.296. The van der Waals surface area contributed by atoms with Gasteiger partial charge in [0.15, 0.2) is 0 Å². The van der Waals surface area contributed by atoms with Gasteiger partial charge >= 0.3 is 35.8 Å². The van der Waals surface area contributed by atoms with Gasteiger partial charge in [-0.25, -0.2) is 0 Å². The summed E-state index contributed by atoms with van der Waals surface area (Å²) < 4.78 is 0. The summed E-state index contributed by atoms with van der Waals surface area (Å²) in [5, 5.41) is 51.9. The summed E-state index contributed by atoms with van der Waals surface area (Å²) in [4.78, 5) is 63.2. The van der Waals surface area contributed by atoms with Gasteiger partial charge in [0.25, 0.3) is 0 Å². The van der Waals surface area contributed by atoms with Crippen LogP contribution in [0.15, 0.2) is 0 Å². The number of rotatable bonds is 6. The van der Waals surface area contributed by atoms with Gasteiger partial charge in [0.2, 0.25) is 0 Å². The summed E-state index contributed by atoms with van der Waals surface area (Å²) in [6.45, 7) is 12.0. The molecule has 0 aromatic rings. The fourth-order valence-electron chi connectivity index (χ4n) is 4.95. The van der Waals surface area contributed by atoms with E-state index in [0.29, 0.717) is 64.2 Å². The van der Waals surface area contributed by atoms with Gasteiger partial charge < -0.3 is 30.6 Å². The second-order valence-corrected chi connectivity index (χ2v) is 9.64. The Morgan fingerprint density at radius 3 is 0.833 bits per heavy atom. The van der Waals surface area contributed by atoms with Gasteiger partial charge in [-0.2, -0.15) is 0 Å². The molecule has 0 radical (unpaired) electrons. The van der Waals surface area contributed by atoms with Crippen LogP contribution >= 0.6 is 0 Å². The van der Waals surface area contributed by atoms with Gasteiger partial charge in [0.1, 0.15) is 0 Å². The van der Waals surface area contributed by atoms with Crippen LogP contribution in [0.25, 0.3) is 0 Å². The molecule has 0 amide bonds. The summed E-state index contributed by atoms with van der Waals surface area (Å²) >= 11 is 0. The Hall–Kier alpha value is -3.18. The van der Waals surface area contributed by atoms with Gasteiger partial charge in [-0.1, -0.05) is 60.8 Å². The van der Waals surface area contributed by atoms with Crippen LogP contribution in [-0.4, -0.2) is 66.5 Å². The van der Waals surface area contributed by atoms with Crippen molar-refractivity contribution in [2.24, 2.45) is 35.5 Å². The van der Waals surface area contributed by atoms with Crippen LogP contribution in [0.2, 0.25) is 0 Å². The fourth-order valence-corrected chi connectivity index (χ4v) is 4.95. The molecule has 4 atom stereocenters. The molecule has 6 N–H and O–H groups in total. The van der Waals surface area contributed by atoms with Crippen molar-refractivity contribution in [3.05, 3.63) is 0 Å². The van der Waals surface area contributed by atoms with Crippen LogP contribution in [0.1, 0.15) is 119 Å². The standard InChI is InChI=1S/3C8H12O4.3C2H6/c9-7(10)5-1-2-6(4-3-5)8(11)12;9-7(10)5-2-1-3-6(4-5)8(11)12;9-7(10)5-3-1-2-4-6(5)8(11)12;3*1-2/h3*5-6H,1-4H2,(H,9,10)(H,11,12);3*1-2H3. The molecule has 12 nitrogen and oxygen atoms in total. The number of carboxylic acids is 6. The molecule has 3 fully saturated rings. The van der Waals surface area contributed by atoms with E-state index in [1.165, 1.54) is 0 Å². The topological polar surface area (TPSA) is 224 Å². The second kappa shape index (κ2) is 25.5. The highest BCUT2D eigenvalue weighted by Gasteiger charge is 2.35. The molecule has 246 valence electrons. The van der Waals surface area contributed by atoms with Crippen molar-refractivity contribution < 1.29 is 59.4 Å². The highest BCUT2D eigenvalue weighted by atomic mass is 16.4. The van der Waals surface area contributed by atoms with Crippen molar-refractivity contribution in [1.29, 1.82) is 0 Å². The Morgan fingerprint density at radius 1 is 0.357 bits per heavy atom. The zero-order valence-corrected chi connectivity index (χ0v) is 26.1. The van der Waals surface area contributed by atoms with Crippen molar-refractivity contribution in [3.8, 4) is 0 Å². The van der Waals surface area contributed by atoms with E-state index in [0.717, 1.165) is 12.8 Å². The van der Waals surface area contributed by atoms with E-state index in [2.05, 4.69) is 0 Å². The van der Waals surface area contributed by atoms with Crippen LogP contribution in [0.5, 0.6) is 0 Å². The average Bonchev–Trinajstić information content (AvgIpc) is 3.00. The molecule has 42 heavy (non-hydrogen) atoms. The number of aliphatic carboxylic acids is 6. The Kier molecular flexibility index (Phi) is 26.3. The largest absolute Gasteiger partial charge is 0.481 e. The molecule has 0 aliphatic heterocycles. The lowest BCUT2D eigenvalue weighted by Crippen LogP contribution is -2.32. The normalized spacial score (nSPS) is 25.9. The number of carbonyl (C=O) groups is 6. The molecule has 0 saturated heterocycles. The van der Waals surface area contributed by atoms with E-state index in [1.54, 1.807) is 0 Å². The zero-order chi connectivity index (χ0) is 33.4. The van der Waals surface area contributed by atoms with Crippen molar-refractivity contribution >= 4 is 35.8 Å². The van der Waals surface area contributed by atoms with Gasteiger partial charge in [-0.05, 0) is 57.8 Å². The predicted octanol–water partition coefficient (Wildman–Crippen LogP) is 5.96. The molecule has 0 aromatic heterocycles. The van der Waals surface area contributed by atoms with Gasteiger partial charge in [-0.15, -0.1) is 0 Å². The molecule has 0 aromatic carbocycles. The summed E-state index contributed by atoms with van der Waals surface area (Å²) in [5.74, 6) is -8.11. The molecule has 3 rings (SSSR count). The van der Waals surface area contributed by atoms with E-state index in [-0.39, 0.29) is 11.8 Å². The molecule has 3 saturated carbocycles. The SMILES string of the molecule is CC.CC.CC.O=C(O)C1CCC(C(=O)O)CC1.O=C(O)C1CCCC(C(=O)O)C1.O=C(O)C1CCCCC1C(=O)O. The molecular weight excluding hydrogens is 552 g/mol. The Bertz CT molecular complexity index is 738. The van der Waals surface area contributed by atoms with Crippen LogP contribution in [0.3, 0.4) is 0 Å². The van der Waals surface area contributed by atoms with Crippen LogP contribution < -0.4 is 0 Å². The van der Waals surface area contributed by atoms with E-state index < -0.39 is 59.5 Å². The molecule has 0 spiro atoms. The molecular formula is C30H54O12. The number of carboxylic acid groups (broad SMARTS) is 6. The van der Waals surface area contributed by atoms with Gasteiger partial charge in [0, 0.05) is 0 Å². The predicted molar refractivity (Wildman–Crippen MR) is 156 cm³/mol. The highest BCUT2D eigenvalue weighted by Crippen LogP contribution is 2.31. The van der Waals surface area contributed by atoms with E-state index in [9.17, 15) is 28.8 Å². The van der Waals surface area contributed by atoms with Crippen LogP contribution in [0.4, 0.5) is 0 Å². The Morgan fingerprint density at radius 2 is 0.619 bits per heavy atom. The Balaban J connectivity index is -0.000000497. The maximum atomic E-state index is 10.6. The molecule has 4 unspecified atom stereocenters. The smallest absolute Gasteiger partial charge is 0.307 e. The number of hydrogen-bond acceptors (Lipinski definition) is 6. The van der Waals surface area contributed by atoms with Gasteiger partial charge in [0.05, 0.1) is 35.5 Å². The third-order valence-corrected chi connectivity index (χ3v) is 7.20. The summed E-state index contributed by atoms with van der Waals surface area (Å²) in [7, 11) is 0. The van der Waals surface area contributed by atoms with Gasteiger partial charge in [-0.3, -0.25) is 28.8 Å². The number of hydrogen-bond donors (Lipinski definition) is 6. The fraction of sp³-hybridized carbons (Fsp3) is 0.800. The lowest BCUT2D eigenvalue weighted by atomic mass is 9.79. The second-order valence-electron chi connectivity index (χ2n) is 9.64. The van der Waals surface area contributed by atoms with Crippen molar-refractivity contribution in [1.82, 2.24) is 0 Å². The van der Waals surface area contributed by atoms with Crippen molar-refractivity contribution in [2.75, 3.05) is 0 Å². The van der Waals surface area contributed by atoms with E-state index in [1.807, 2.05) is 41.5 Å². The first-order chi connectivity index (χ1) is 19.8. The molecule has 3 aliphatic rings. The molecule has 0 bridgehead atoms. The summed E-state index contributed by atoms with van der Waals surface area (Å²) in [6.07, 6.45) is 6.97. The average molecular weight is 607 g/mol. The van der Waals surface area contributed by atoms with Crippen LogP contribution in [0, 0.1) is 35.5 Å². The molecule has 3 aliphatic carbocycles. The van der Waals surface area contributed by atoms with Crippen LogP contribution in [-0.2, 0) is 28.8 Å². The minimum atomic E-state index is -0.970. The monoisotopic (exact) mass is 606 g/mol. The lowest BCUT2D eigenvalue weighted by molar-refractivity contribution is -0.155. The third-order valence-electron chi connectivity index (χ3n) is 7.20. The first kappa shape index (κ1) is 43.3. The first-order valence-corrected chi connectivity index (χ1v) is 15.2. The Labute approximate surface area is 249 Å². The quantitative estimate of drug-likeness (QED) is 0.206. The maximum Gasteiger partial charge on any atom is 0.307 e. The summed E-state index contributed by atoms with van der Waals surface area (Å²) in [5.41, 5.74) is 0. The highest BCUT2D eigenvalue weighted by molar-refractivity contribution is 5.80. The van der Waals surface area contributed by atoms with Crippen molar-refractivity contribution in [2.45, 2.75) is 119 Å². The third kappa shape index (κ3) is 17.6. The summed E-state index contributed by atoms with van der Waals surface area (Å²) in [6, 6.07) is 0. The van der Waals surface area contributed by atoms with E-state index >= 15 is 0 Å². The van der Waals surface area contributed by atoms with E-state index in [4.69, 9.17) is 30.6 Å². The maximum absolute atomic E-state index is 10.6. The molecule has 12 heteroatoms. The molecule has 0 heterocycles.